The molecule has 1 amide bonds. The highest BCUT2D eigenvalue weighted by atomic mass is 16.7. The normalized spacial score (nSPS) is 26.4. The van der Waals surface area contributed by atoms with E-state index in [0.29, 0.717) is 0 Å². The molecule has 6 nitrogen and oxygen atoms in total. The first-order chi connectivity index (χ1) is 16.5. The number of likely N-dealkylation sites (tertiary alicyclic amines) is 1. The smallest absolute Gasteiger partial charge is 0.221 e. The van der Waals surface area contributed by atoms with E-state index in [1.165, 1.54) is 39.0 Å². The van der Waals surface area contributed by atoms with Gasteiger partial charge in [0.2, 0.25) is 5.91 Å². The zero-order valence-corrected chi connectivity index (χ0v) is 20.4. The van der Waals surface area contributed by atoms with Gasteiger partial charge in [0, 0.05) is 30.6 Å². The minimum absolute atomic E-state index is 0.0186. The van der Waals surface area contributed by atoms with Crippen LogP contribution in [0.5, 0.6) is 0 Å². The molecule has 2 aliphatic heterocycles. The molecule has 4 atom stereocenters. The molecule has 2 aromatic rings. The first kappa shape index (κ1) is 24.9. The van der Waals surface area contributed by atoms with E-state index in [2.05, 4.69) is 29.3 Å². The second-order valence-electron chi connectivity index (χ2n) is 9.70. The van der Waals surface area contributed by atoms with Gasteiger partial charge in [0.05, 0.1) is 18.8 Å². The number of carbonyl (C=O) groups excluding carboxylic acids is 1. The number of hydrogen-bond donors (Lipinski definition) is 2. The molecule has 2 heterocycles. The molecular formula is C28H38N2O4. The van der Waals surface area contributed by atoms with Gasteiger partial charge in [-0.3, -0.25) is 4.79 Å². The number of aliphatic hydroxyl groups excluding tert-OH is 1. The van der Waals surface area contributed by atoms with E-state index in [4.69, 9.17) is 9.47 Å². The van der Waals surface area contributed by atoms with Gasteiger partial charge in [-0.15, -0.1) is 0 Å². The fraction of sp³-hybridized carbons (Fsp3) is 0.536. The van der Waals surface area contributed by atoms with Crippen LogP contribution >= 0.6 is 0 Å². The zero-order valence-electron chi connectivity index (χ0n) is 20.4. The molecule has 0 radical (unpaired) electrons. The molecule has 2 aromatic carbocycles. The molecule has 2 saturated heterocycles. The van der Waals surface area contributed by atoms with Crippen molar-refractivity contribution >= 4 is 11.6 Å². The minimum Gasteiger partial charge on any atom is -0.392 e. The Labute approximate surface area is 203 Å². The summed E-state index contributed by atoms with van der Waals surface area (Å²) in [7, 11) is 0. The van der Waals surface area contributed by atoms with Gasteiger partial charge in [0.15, 0.2) is 6.29 Å². The Morgan fingerprint density at radius 3 is 2.38 bits per heavy atom. The summed E-state index contributed by atoms with van der Waals surface area (Å²) in [5.74, 6) is 0.0632. The van der Waals surface area contributed by atoms with Crippen molar-refractivity contribution in [2.45, 2.75) is 71.1 Å². The Morgan fingerprint density at radius 2 is 1.71 bits per heavy atom. The van der Waals surface area contributed by atoms with Crippen molar-refractivity contribution in [1.82, 2.24) is 4.90 Å². The van der Waals surface area contributed by atoms with Gasteiger partial charge < -0.3 is 24.8 Å². The van der Waals surface area contributed by atoms with Crippen LogP contribution < -0.4 is 5.32 Å². The number of carbonyl (C=O) groups is 1. The maximum atomic E-state index is 11.6. The largest absolute Gasteiger partial charge is 0.392 e. The molecule has 6 heteroatoms. The van der Waals surface area contributed by atoms with Crippen LogP contribution in [0.3, 0.4) is 0 Å². The second-order valence-corrected chi connectivity index (χ2v) is 9.70. The van der Waals surface area contributed by atoms with Crippen LogP contribution in [0, 0.1) is 5.92 Å². The highest BCUT2D eigenvalue weighted by Gasteiger charge is 2.39. The molecule has 4 rings (SSSR count). The second kappa shape index (κ2) is 11.9. The molecule has 0 aromatic heterocycles. The lowest BCUT2D eigenvalue weighted by atomic mass is 9.89. The van der Waals surface area contributed by atoms with Crippen LogP contribution in [0.15, 0.2) is 48.5 Å². The number of amides is 1. The molecule has 0 bridgehead atoms. The topological polar surface area (TPSA) is 71.0 Å². The minimum atomic E-state index is -0.521. The summed E-state index contributed by atoms with van der Waals surface area (Å²) in [6.07, 6.45) is 5.81. The van der Waals surface area contributed by atoms with E-state index in [0.717, 1.165) is 42.0 Å². The molecule has 0 saturated carbocycles. The average molecular weight is 467 g/mol. The molecule has 2 fully saturated rings. The molecule has 34 heavy (non-hydrogen) atoms. The average Bonchev–Trinajstić information content (AvgIpc) is 2.81. The maximum Gasteiger partial charge on any atom is 0.221 e. The van der Waals surface area contributed by atoms with Crippen molar-refractivity contribution in [3.8, 4) is 0 Å². The Bertz CT molecular complexity index is 924. The number of benzene rings is 2. The predicted octanol–water partition coefficient (Wildman–Crippen LogP) is 5.19. The summed E-state index contributed by atoms with van der Waals surface area (Å²) < 4.78 is 13.2. The third kappa shape index (κ3) is 6.45. The fourth-order valence-corrected chi connectivity index (χ4v) is 5.04. The number of anilines is 1. The maximum absolute atomic E-state index is 11.6. The summed E-state index contributed by atoms with van der Waals surface area (Å²) in [5.41, 5.74) is 3.61. The Kier molecular flexibility index (Phi) is 8.73. The van der Waals surface area contributed by atoms with E-state index in [1.54, 1.807) is 0 Å². The van der Waals surface area contributed by atoms with Crippen LogP contribution in [0.2, 0.25) is 0 Å². The summed E-state index contributed by atoms with van der Waals surface area (Å²) in [5, 5.41) is 12.3. The number of nitrogens with zero attached hydrogens (tertiary/aromatic N) is 1. The van der Waals surface area contributed by atoms with Gasteiger partial charge in [-0.25, -0.2) is 0 Å². The molecule has 0 unspecified atom stereocenters. The third-order valence-corrected chi connectivity index (χ3v) is 6.99. The van der Waals surface area contributed by atoms with Gasteiger partial charge in [-0.1, -0.05) is 62.6 Å². The molecule has 2 N–H and O–H groups in total. The fourth-order valence-electron chi connectivity index (χ4n) is 5.04. The van der Waals surface area contributed by atoms with Crippen molar-refractivity contribution in [3.05, 3.63) is 65.2 Å². The van der Waals surface area contributed by atoms with Crippen LogP contribution in [0.1, 0.15) is 75.0 Å². The monoisotopic (exact) mass is 466 g/mol. The number of aliphatic hydroxyl groups is 1. The van der Waals surface area contributed by atoms with Gasteiger partial charge in [-0.05, 0) is 49.2 Å². The van der Waals surface area contributed by atoms with E-state index < -0.39 is 6.29 Å². The standard InChI is InChI=1S/C28H38N2O4/c1-20-26(18-30-15-6-4-3-5-7-16-30)33-28(24-9-8-10-25(17-24)29-21(2)32)34-27(20)23-13-11-22(19-31)12-14-23/h8-14,17,20,26-28,31H,3-7,15-16,18-19H2,1-2H3,(H,29,32)/t20-,26+,27+,28+/m0/s1. The van der Waals surface area contributed by atoms with Crippen molar-refractivity contribution in [1.29, 1.82) is 0 Å². The van der Waals surface area contributed by atoms with Crippen LogP contribution in [0.4, 0.5) is 5.69 Å². The summed E-state index contributed by atoms with van der Waals surface area (Å²) in [6, 6.07) is 15.7. The number of hydrogen-bond acceptors (Lipinski definition) is 5. The van der Waals surface area contributed by atoms with Gasteiger partial charge in [0.25, 0.3) is 0 Å². The van der Waals surface area contributed by atoms with Crippen molar-refractivity contribution in [2.24, 2.45) is 5.92 Å². The lowest BCUT2D eigenvalue weighted by Gasteiger charge is -2.43. The van der Waals surface area contributed by atoms with E-state index >= 15 is 0 Å². The zero-order chi connectivity index (χ0) is 23.9. The Hall–Kier alpha value is -2.25. The molecule has 2 aliphatic rings. The van der Waals surface area contributed by atoms with Crippen LogP contribution in [-0.4, -0.2) is 41.7 Å². The van der Waals surface area contributed by atoms with Crippen molar-refractivity contribution in [2.75, 3.05) is 25.0 Å². The first-order valence-corrected chi connectivity index (χ1v) is 12.6. The van der Waals surface area contributed by atoms with Crippen molar-refractivity contribution < 1.29 is 19.4 Å². The summed E-state index contributed by atoms with van der Waals surface area (Å²) in [6.45, 7) is 6.87. The van der Waals surface area contributed by atoms with Gasteiger partial charge >= 0.3 is 0 Å². The van der Waals surface area contributed by atoms with E-state index in [9.17, 15) is 9.90 Å². The SMILES string of the molecule is CC(=O)Nc1cccc([C@@H]2O[C@H](CN3CCCCCCC3)[C@H](C)[C@H](c3ccc(CO)cc3)O2)c1. The molecule has 184 valence electrons. The quantitative estimate of drug-likeness (QED) is 0.613. The first-order valence-electron chi connectivity index (χ1n) is 12.6. The predicted molar refractivity (Wildman–Crippen MR) is 133 cm³/mol. The van der Waals surface area contributed by atoms with Gasteiger partial charge in [-0.2, -0.15) is 0 Å². The third-order valence-electron chi connectivity index (χ3n) is 6.99. The van der Waals surface area contributed by atoms with E-state index in [-0.39, 0.29) is 30.6 Å². The Balaban J connectivity index is 1.59. The summed E-state index contributed by atoms with van der Waals surface area (Å²) >= 11 is 0. The molecule has 0 aliphatic carbocycles. The van der Waals surface area contributed by atoms with Crippen LogP contribution in [0.25, 0.3) is 0 Å². The highest BCUT2D eigenvalue weighted by molar-refractivity contribution is 5.88. The van der Waals surface area contributed by atoms with E-state index in [1.807, 2.05) is 36.4 Å². The molecular weight excluding hydrogens is 428 g/mol. The van der Waals surface area contributed by atoms with Gasteiger partial charge in [0.1, 0.15) is 0 Å². The van der Waals surface area contributed by atoms with Crippen LogP contribution in [-0.2, 0) is 20.9 Å². The Morgan fingerprint density at radius 1 is 1.00 bits per heavy atom. The number of ether oxygens (including phenoxy) is 2. The lowest BCUT2D eigenvalue weighted by Crippen LogP contribution is -2.45. The van der Waals surface area contributed by atoms with Crippen molar-refractivity contribution in [3.63, 3.8) is 0 Å². The number of nitrogens with one attached hydrogen (secondary N) is 1. The molecule has 0 spiro atoms. The summed E-state index contributed by atoms with van der Waals surface area (Å²) in [4.78, 5) is 14.1. The highest BCUT2D eigenvalue weighted by Crippen LogP contribution is 2.42. The lowest BCUT2D eigenvalue weighted by molar-refractivity contribution is -0.276. The number of rotatable bonds is 6.